The Labute approximate surface area is 649 Å². The molecule has 0 saturated carbocycles. The van der Waals surface area contributed by atoms with E-state index >= 15 is 0 Å². The topological polar surface area (TPSA) is 311 Å². The molecule has 2 aromatic heterocycles. The van der Waals surface area contributed by atoms with E-state index in [9.17, 15) is 47.9 Å². The van der Waals surface area contributed by atoms with E-state index < -0.39 is 106 Å². The van der Waals surface area contributed by atoms with Crippen molar-refractivity contribution >= 4 is 122 Å². The molecule has 5 N–H and O–H groups in total. The van der Waals surface area contributed by atoms with Crippen molar-refractivity contribution in [3.8, 4) is 22.9 Å². The van der Waals surface area contributed by atoms with Crippen LogP contribution in [0.4, 0.5) is 32.3 Å². The van der Waals surface area contributed by atoms with Crippen LogP contribution >= 0.6 is 34.8 Å². The molecule has 8 aromatic rings. The standard InChI is InChI=1S/C37H43ClN4O7.C29H34ClN3O7.C15H17ClN4/c1-8-28(49-29-18-15-22(3)19-23(29)4)32(44)39-25-16-17-26(38)27(20-25)40-33(45)30(31(43)37(5,6)7)42-34(46)35(48-9-2)41(36(42)47)21-24-13-11-10-12-14-24;1-15-9-12-21(16(2)13-15)39-17(3)24(35)31-18-10-11-19(30)20(14-18)32-25(36)22(23(34)28(4,5)6)33-26(37)29(7,8)40-27(33)38;1-9-5-7-10(8-6-9)13-17-14-11(16)12(15(2,3)4)18-20(14)19-13/h10-20,28,30,35H,8-9,21H2,1-7H3,(H,39,44)(H,40,45);9-14,17,22H,1-8H3,(H,31,35)(H,32,36);5-8,18H,1-4H3. The van der Waals surface area contributed by atoms with Crippen molar-refractivity contribution in [3.63, 3.8) is 0 Å². The molecule has 0 bridgehead atoms. The molecular weight excluding hydrogens is 1460 g/mol. The Hall–Kier alpha value is -10.5. The molecule has 578 valence electrons. The van der Waals surface area contributed by atoms with Crippen molar-refractivity contribution in [1.29, 1.82) is 0 Å². The summed E-state index contributed by atoms with van der Waals surface area (Å²) in [5, 5.41) is 19.2. The summed E-state index contributed by atoms with van der Waals surface area (Å²) in [6.45, 7) is 33.5. The van der Waals surface area contributed by atoms with E-state index in [-0.39, 0.29) is 45.7 Å². The molecule has 2 fully saturated rings. The number of anilines is 4. The minimum atomic E-state index is -1.84. The van der Waals surface area contributed by atoms with Gasteiger partial charge in [0.25, 0.3) is 35.4 Å². The first-order chi connectivity index (χ1) is 50.9. The fraction of sp³-hybridized carbons (Fsp3) is 0.383. The maximum absolute atomic E-state index is 14.0. The average Bonchev–Trinajstić information content (AvgIpc) is 1.64. The number of rotatable bonds is 22. The quantitative estimate of drug-likeness (QED) is 0.0311. The SMILES string of the molecule is CCOC1C(=O)N(C(C(=O)Nc2cc(NC(=O)C(CC)Oc3ccc(C)cc3C)ccc2Cl)C(=O)C(C)(C)C)C(=O)N1Cc1ccccc1.Cc1ccc(-c2nc3c(Cl)c(C(C)(C)C)[nH]n3n2)cc1.Cc1ccc(OC(C)C(=O)Nc2ccc(Cl)c(NC(=O)C(C(=O)C(C)(C)C)N3C(=O)OC(C)(C)C3=O)c2)c(C)c1. The summed E-state index contributed by atoms with van der Waals surface area (Å²) in [4.78, 5) is 141. The number of Topliss-reactive ketones (excluding diaryl/α,β-unsaturated/α-hetero) is 2. The lowest BCUT2D eigenvalue weighted by Gasteiger charge is -2.29. The highest BCUT2D eigenvalue weighted by Gasteiger charge is 2.56. The number of fused-ring (bicyclic) bond motifs is 1. The van der Waals surface area contributed by atoms with Crippen LogP contribution < -0.4 is 30.7 Å². The van der Waals surface area contributed by atoms with Crippen LogP contribution in [0.15, 0.2) is 127 Å². The number of carbonyl (C=O) groups excluding carboxylic acids is 10. The van der Waals surface area contributed by atoms with Gasteiger partial charge in [-0.3, -0.25) is 48.4 Å². The second kappa shape index (κ2) is 34.4. The molecule has 9 amide bonds. The third-order valence-corrected chi connectivity index (χ3v) is 18.5. The fourth-order valence-electron chi connectivity index (χ4n) is 11.5. The van der Waals surface area contributed by atoms with Crippen molar-refractivity contribution in [3.05, 3.63) is 182 Å². The van der Waals surface area contributed by atoms with Crippen LogP contribution in [0.1, 0.15) is 142 Å². The first kappa shape index (κ1) is 84.2. The Morgan fingerprint density at radius 1 is 0.606 bits per heavy atom. The molecule has 6 aromatic carbocycles. The van der Waals surface area contributed by atoms with Gasteiger partial charge in [-0.15, -0.1) is 5.10 Å². The van der Waals surface area contributed by atoms with Gasteiger partial charge < -0.3 is 40.2 Å². The van der Waals surface area contributed by atoms with Crippen LogP contribution in [0.25, 0.3) is 17.0 Å². The minimum Gasteiger partial charge on any atom is -0.481 e. The maximum atomic E-state index is 14.0. The molecule has 109 heavy (non-hydrogen) atoms. The van der Waals surface area contributed by atoms with Gasteiger partial charge in [-0.1, -0.05) is 200 Å². The molecule has 28 heteroatoms. The van der Waals surface area contributed by atoms with Gasteiger partial charge in [0.1, 0.15) is 16.5 Å². The number of ether oxygens (including phenoxy) is 4. The highest BCUT2D eigenvalue weighted by molar-refractivity contribution is 6.35. The van der Waals surface area contributed by atoms with Crippen molar-refractivity contribution in [2.75, 3.05) is 27.9 Å². The zero-order valence-corrected chi connectivity index (χ0v) is 66.9. The highest BCUT2D eigenvalue weighted by Crippen LogP contribution is 2.36. The van der Waals surface area contributed by atoms with Crippen LogP contribution in [0.5, 0.6) is 11.5 Å². The molecule has 25 nitrogen and oxygen atoms in total. The number of ketones is 2. The Kier molecular flexibility index (Phi) is 26.6. The smallest absolute Gasteiger partial charge is 0.418 e. The van der Waals surface area contributed by atoms with Gasteiger partial charge in [0.15, 0.2) is 52.9 Å². The number of benzene rings is 6. The number of aryl methyl sites for hydroxylation is 5. The minimum absolute atomic E-state index is 0.0180. The van der Waals surface area contributed by atoms with Gasteiger partial charge in [0.2, 0.25) is 6.23 Å². The van der Waals surface area contributed by atoms with Crippen LogP contribution in [0.2, 0.25) is 15.1 Å². The van der Waals surface area contributed by atoms with Crippen LogP contribution in [-0.2, 0) is 59.8 Å². The normalized spacial score (nSPS) is 15.4. The number of H-pyrrole nitrogens is 1. The molecule has 10 rings (SSSR count). The Morgan fingerprint density at radius 2 is 1.10 bits per heavy atom. The molecule has 5 atom stereocenters. The first-order valence-electron chi connectivity index (χ1n) is 35.4. The van der Waals surface area contributed by atoms with Crippen LogP contribution in [0.3, 0.4) is 0 Å². The van der Waals surface area contributed by atoms with Gasteiger partial charge in [0, 0.05) is 39.8 Å². The molecule has 0 aliphatic carbocycles. The summed E-state index contributed by atoms with van der Waals surface area (Å²) in [5.41, 5.74) is 5.36. The number of halogens is 3. The van der Waals surface area contributed by atoms with E-state index in [0.717, 1.165) is 39.1 Å². The second-order valence-electron chi connectivity index (χ2n) is 30.2. The number of hydrogen-bond acceptors (Lipinski definition) is 16. The van der Waals surface area contributed by atoms with Gasteiger partial charge in [-0.25, -0.2) is 24.4 Å². The zero-order chi connectivity index (χ0) is 80.7. The number of aromatic amines is 1. The van der Waals surface area contributed by atoms with Crippen molar-refractivity contribution in [2.24, 2.45) is 10.8 Å². The Balaban J connectivity index is 0.000000222. The second-order valence-corrected chi connectivity index (χ2v) is 31.4. The lowest BCUT2D eigenvalue weighted by molar-refractivity contribution is -0.149. The van der Waals surface area contributed by atoms with E-state index in [4.69, 9.17) is 53.8 Å². The number of nitrogens with zero attached hydrogens (tertiary/aromatic N) is 6. The van der Waals surface area contributed by atoms with E-state index in [1.54, 1.807) is 96.4 Å². The molecule has 4 heterocycles. The Morgan fingerprint density at radius 3 is 1.56 bits per heavy atom. The predicted octanol–water partition coefficient (Wildman–Crippen LogP) is 15.5. The van der Waals surface area contributed by atoms with Crippen molar-refractivity contribution in [2.45, 2.75) is 186 Å². The van der Waals surface area contributed by atoms with E-state index in [2.05, 4.69) is 64.1 Å². The van der Waals surface area contributed by atoms with Crippen molar-refractivity contribution in [1.82, 2.24) is 34.5 Å². The number of urea groups is 1. The third kappa shape index (κ3) is 20.3. The Bertz CT molecular complexity index is 4790. The predicted molar refractivity (Wildman–Crippen MR) is 419 cm³/mol. The summed E-state index contributed by atoms with van der Waals surface area (Å²) in [5.74, 6) is -3.93. The van der Waals surface area contributed by atoms with Crippen LogP contribution in [-0.4, -0.2) is 136 Å². The maximum Gasteiger partial charge on any atom is 0.418 e. The number of imide groups is 2. The zero-order valence-electron chi connectivity index (χ0n) is 64.7. The highest BCUT2D eigenvalue weighted by atomic mass is 35.5. The van der Waals surface area contributed by atoms with E-state index in [1.165, 1.54) is 54.6 Å². The van der Waals surface area contributed by atoms with Gasteiger partial charge in [-0.2, -0.15) is 4.63 Å². The number of amides is 9. The largest absolute Gasteiger partial charge is 0.481 e. The number of cyclic esters (lactones) is 1. The number of nitrogens with one attached hydrogen (secondary N) is 5. The molecule has 2 saturated heterocycles. The number of hydrogen-bond donors (Lipinski definition) is 5. The van der Waals surface area contributed by atoms with E-state index in [1.807, 2.05) is 95.3 Å². The number of aromatic nitrogens is 4. The summed E-state index contributed by atoms with van der Waals surface area (Å²) in [7, 11) is 0. The molecular formula is C81H94Cl3N11O14. The van der Waals surface area contributed by atoms with E-state index in [0.29, 0.717) is 49.9 Å². The summed E-state index contributed by atoms with van der Waals surface area (Å²) in [6, 6.07) is 32.8. The molecule has 2 aliphatic heterocycles. The van der Waals surface area contributed by atoms with Gasteiger partial charge >= 0.3 is 12.1 Å². The van der Waals surface area contributed by atoms with Crippen LogP contribution in [0, 0.1) is 45.4 Å². The third-order valence-electron chi connectivity index (χ3n) is 17.5. The van der Waals surface area contributed by atoms with Gasteiger partial charge in [-0.05, 0) is 134 Å². The lowest BCUT2D eigenvalue weighted by Crippen LogP contribution is -2.55. The van der Waals surface area contributed by atoms with Crippen molar-refractivity contribution < 1.29 is 66.9 Å². The summed E-state index contributed by atoms with van der Waals surface area (Å²) in [6.07, 6.45) is -3.71. The molecule has 5 unspecified atom stereocenters. The lowest BCUT2D eigenvalue weighted by atomic mass is 9.85. The first-order valence-corrected chi connectivity index (χ1v) is 36.5. The summed E-state index contributed by atoms with van der Waals surface area (Å²) >= 11 is 19.2. The molecule has 0 radical (unpaired) electrons. The number of carbonyl (C=O) groups is 10. The molecule has 2 aliphatic rings. The average molecular weight is 1550 g/mol. The fourth-order valence-corrected chi connectivity index (χ4v) is 12.3. The summed E-state index contributed by atoms with van der Waals surface area (Å²) < 4.78 is 24.2. The molecule has 0 spiro atoms. The van der Waals surface area contributed by atoms with Gasteiger partial charge in [0.05, 0.1) is 33.7 Å². The monoisotopic (exact) mass is 1550 g/mol.